The monoisotopic (exact) mass is 388 g/mol. The van der Waals surface area contributed by atoms with Crippen LogP contribution in [0.2, 0.25) is 0 Å². The van der Waals surface area contributed by atoms with Gasteiger partial charge in [-0.3, -0.25) is 14.5 Å². The molecule has 7 heteroatoms. The Labute approximate surface area is 167 Å². The van der Waals surface area contributed by atoms with Gasteiger partial charge in [0.2, 0.25) is 11.8 Å². The maximum absolute atomic E-state index is 12.7. The Balaban J connectivity index is 1.49. The third-order valence-electron chi connectivity index (χ3n) is 5.69. The Kier molecular flexibility index (Phi) is 6.91. The van der Waals surface area contributed by atoms with Crippen molar-refractivity contribution in [1.82, 2.24) is 10.2 Å². The molecule has 0 radical (unpaired) electrons. The van der Waals surface area contributed by atoms with Gasteiger partial charge in [0.15, 0.2) is 0 Å². The molecular formula is C21H32N4O3. The van der Waals surface area contributed by atoms with Gasteiger partial charge in [-0.15, -0.1) is 0 Å². The van der Waals surface area contributed by atoms with Crippen LogP contribution in [-0.4, -0.2) is 69.2 Å². The highest BCUT2D eigenvalue weighted by atomic mass is 16.5. The van der Waals surface area contributed by atoms with Crippen LogP contribution in [-0.2, 0) is 14.3 Å². The zero-order valence-electron chi connectivity index (χ0n) is 17.0. The fourth-order valence-electron chi connectivity index (χ4n) is 3.60. The summed E-state index contributed by atoms with van der Waals surface area (Å²) < 4.78 is 5.33. The van der Waals surface area contributed by atoms with Crippen LogP contribution in [0.4, 0.5) is 11.4 Å². The number of benzene rings is 1. The van der Waals surface area contributed by atoms with Gasteiger partial charge in [-0.1, -0.05) is 0 Å². The van der Waals surface area contributed by atoms with Crippen LogP contribution < -0.4 is 15.5 Å². The normalized spacial score (nSPS) is 18.4. The fourth-order valence-corrected chi connectivity index (χ4v) is 3.60. The minimum absolute atomic E-state index is 0.155. The van der Waals surface area contributed by atoms with Gasteiger partial charge in [0.1, 0.15) is 5.41 Å². The van der Waals surface area contributed by atoms with Crippen molar-refractivity contribution in [2.24, 2.45) is 5.41 Å². The summed E-state index contributed by atoms with van der Waals surface area (Å²) >= 11 is 0. The van der Waals surface area contributed by atoms with Gasteiger partial charge >= 0.3 is 0 Å². The SMILES string of the molecule is CCN(CC)c1ccc(NC(=O)C2(C(=O)NCCN3CCOCC3)CC2)cc1. The standard InChI is InChI=1S/C21H32N4O3/c1-3-25(4-2)18-7-5-17(6-8-18)23-20(27)21(9-10-21)19(26)22-11-12-24-13-15-28-16-14-24/h5-8H,3-4,9-16H2,1-2H3,(H,22,26)(H,23,27). The minimum atomic E-state index is -0.900. The molecule has 0 bridgehead atoms. The topological polar surface area (TPSA) is 73.9 Å². The molecule has 2 fully saturated rings. The Bertz CT molecular complexity index is 663. The molecule has 154 valence electrons. The van der Waals surface area contributed by atoms with Crippen LogP contribution in [0.25, 0.3) is 0 Å². The Morgan fingerprint density at radius 3 is 2.29 bits per heavy atom. The second kappa shape index (κ2) is 9.39. The zero-order valence-corrected chi connectivity index (χ0v) is 17.0. The zero-order chi connectivity index (χ0) is 20.0. The molecule has 1 saturated heterocycles. The van der Waals surface area contributed by atoms with Gasteiger partial charge in [-0.25, -0.2) is 0 Å². The fraction of sp³-hybridized carbons (Fsp3) is 0.619. The third-order valence-corrected chi connectivity index (χ3v) is 5.69. The first-order chi connectivity index (χ1) is 13.6. The molecule has 0 unspecified atom stereocenters. The molecular weight excluding hydrogens is 356 g/mol. The number of hydrogen-bond donors (Lipinski definition) is 2. The summed E-state index contributed by atoms with van der Waals surface area (Å²) in [5.74, 6) is -0.356. The number of carbonyl (C=O) groups excluding carboxylic acids is 2. The van der Waals surface area contributed by atoms with Gasteiger partial charge in [-0.2, -0.15) is 0 Å². The van der Waals surface area contributed by atoms with E-state index in [9.17, 15) is 9.59 Å². The van der Waals surface area contributed by atoms with Gasteiger partial charge in [-0.05, 0) is 51.0 Å². The predicted octanol–water partition coefficient (Wildman–Crippen LogP) is 1.70. The Hall–Kier alpha value is -2.12. The second-order valence-corrected chi connectivity index (χ2v) is 7.47. The lowest BCUT2D eigenvalue weighted by Crippen LogP contribution is -2.45. The van der Waals surface area contributed by atoms with Gasteiger partial charge in [0.25, 0.3) is 0 Å². The molecule has 1 aliphatic heterocycles. The number of hydrogen-bond acceptors (Lipinski definition) is 5. The van der Waals surface area contributed by atoms with Gasteiger partial charge < -0.3 is 20.3 Å². The van der Waals surface area contributed by atoms with Crippen molar-refractivity contribution in [2.45, 2.75) is 26.7 Å². The summed E-state index contributed by atoms with van der Waals surface area (Å²) in [7, 11) is 0. The van der Waals surface area contributed by atoms with Gasteiger partial charge in [0.05, 0.1) is 13.2 Å². The number of carbonyl (C=O) groups is 2. The molecule has 0 aromatic heterocycles. The maximum Gasteiger partial charge on any atom is 0.240 e. The smallest absolute Gasteiger partial charge is 0.240 e. The highest BCUT2D eigenvalue weighted by Crippen LogP contribution is 2.46. The molecule has 2 amide bonds. The molecule has 1 heterocycles. The van der Waals surface area contributed by atoms with E-state index in [2.05, 4.69) is 34.3 Å². The lowest BCUT2D eigenvalue weighted by atomic mass is 10.0. The number of anilines is 2. The molecule has 1 aromatic rings. The summed E-state index contributed by atoms with van der Waals surface area (Å²) in [6, 6.07) is 7.81. The second-order valence-electron chi connectivity index (χ2n) is 7.47. The highest BCUT2D eigenvalue weighted by molar-refractivity contribution is 6.13. The van der Waals surface area contributed by atoms with E-state index >= 15 is 0 Å². The van der Waals surface area contributed by atoms with Crippen LogP contribution in [0.15, 0.2) is 24.3 Å². The average Bonchev–Trinajstić information content (AvgIpc) is 3.53. The molecule has 7 nitrogen and oxygen atoms in total. The largest absolute Gasteiger partial charge is 0.379 e. The number of nitrogens with zero attached hydrogens (tertiary/aromatic N) is 2. The number of rotatable bonds is 9. The van der Waals surface area contributed by atoms with Crippen LogP contribution >= 0.6 is 0 Å². The minimum Gasteiger partial charge on any atom is -0.379 e. The molecule has 2 N–H and O–H groups in total. The molecule has 1 saturated carbocycles. The maximum atomic E-state index is 12.7. The number of ether oxygens (including phenoxy) is 1. The van der Waals surface area contributed by atoms with Crippen molar-refractivity contribution >= 4 is 23.2 Å². The van der Waals surface area contributed by atoms with Crippen LogP contribution in [0, 0.1) is 5.41 Å². The molecule has 2 aliphatic rings. The number of nitrogens with one attached hydrogen (secondary N) is 2. The van der Waals surface area contributed by atoms with Crippen molar-refractivity contribution in [3.63, 3.8) is 0 Å². The lowest BCUT2D eigenvalue weighted by molar-refractivity contribution is -0.134. The Morgan fingerprint density at radius 1 is 1.07 bits per heavy atom. The van der Waals surface area contributed by atoms with Gasteiger partial charge in [0, 0.05) is 50.6 Å². The van der Waals surface area contributed by atoms with E-state index in [1.807, 2.05) is 24.3 Å². The first kappa shape index (κ1) is 20.6. The molecule has 0 spiro atoms. The summed E-state index contributed by atoms with van der Waals surface area (Å²) in [5.41, 5.74) is 0.959. The van der Waals surface area contributed by atoms with E-state index in [-0.39, 0.29) is 11.8 Å². The summed E-state index contributed by atoms with van der Waals surface area (Å²) in [6.45, 7) is 10.7. The van der Waals surface area contributed by atoms with Crippen molar-refractivity contribution in [1.29, 1.82) is 0 Å². The predicted molar refractivity (Wildman–Crippen MR) is 111 cm³/mol. The third kappa shape index (κ3) is 4.83. The molecule has 1 aliphatic carbocycles. The average molecular weight is 389 g/mol. The quantitative estimate of drug-likeness (QED) is 0.630. The summed E-state index contributed by atoms with van der Waals surface area (Å²) in [5, 5.41) is 5.87. The molecule has 28 heavy (non-hydrogen) atoms. The molecule has 0 atom stereocenters. The highest BCUT2D eigenvalue weighted by Gasteiger charge is 2.56. The first-order valence-electron chi connectivity index (χ1n) is 10.3. The first-order valence-corrected chi connectivity index (χ1v) is 10.3. The van der Waals surface area contributed by atoms with E-state index in [4.69, 9.17) is 4.74 Å². The van der Waals surface area contributed by atoms with E-state index in [1.54, 1.807) is 0 Å². The van der Waals surface area contributed by atoms with E-state index in [0.717, 1.165) is 57.3 Å². The van der Waals surface area contributed by atoms with E-state index in [0.29, 0.717) is 19.4 Å². The summed E-state index contributed by atoms with van der Waals surface area (Å²) in [4.78, 5) is 29.8. The van der Waals surface area contributed by atoms with Crippen LogP contribution in [0.3, 0.4) is 0 Å². The summed E-state index contributed by atoms with van der Waals surface area (Å²) in [6.07, 6.45) is 1.22. The number of morpholine rings is 1. The number of amides is 2. The lowest BCUT2D eigenvalue weighted by Gasteiger charge is -2.26. The van der Waals surface area contributed by atoms with Crippen molar-refractivity contribution in [2.75, 3.05) is 62.7 Å². The van der Waals surface area contributed by atoms with Crippen molar-refractivity contribution in [3.05, 3.63) is 24.3 Å². The van der Waals surface area contributed by atoms with Crippen LogP contribution in [0.5, 0.6) is 0 Å². The van der Waals surface area contributed by atoms with Crippen LogP contribution in [0.1, 0.15) is 26.7 Å². The Morgan fingerprint density at radius 2 is 1.71 bits per heavy atom. The van der Waals surface area contributed by atoms with E-state index < -0.39 is 5.41 Å². The van der Waals surface area contributed by atoms with E-state index in [1.165, 1.54) is 0 Å². The molecule has 3 rings (SSSR count). The van der Waals surface area contributed by atoms with Crippen molar-refractivity contribution < 1.29 is 14.3 Å². The molecule has 1 aromatic carbocycles. The van der Waals surface area contributed by atoms with Crippen molar-refractivity contribution in [3.8, 4) is 0 Å².